The van der Waals surface area contributed by atoms with Gasteiger partial charge in [-0.25, -0.2) is 13.9 Å². The Hall–Kier alpha value is -4.33. The lowest BCUT2D eigenvalue weighted by Crippen LogP contribution is -2.63. The van der Waals surface area contributed by atoms with Gasteiger partial charge in [0, 0.05) is 17.0 Å². The summed E-state index contributed by atoms with van der Waals surface area (Å²) < 4.78 is 32.9. The van der Waals surface area contributed by atoms with Crippen molar-refractivity contribution in [1.29, 1.82) is 0 Å². The van der Waals surface area contributed by atoms with Crippen molar-refractivity contribution in [3.8, 4) is 0 Å². The van der Waals surface area contributed by atoms with E-state index in [-0.39, 0.29) is 29.3 Å². The molecule has 1 aromatic heterocycles. The van der Waals surface area contributed by atoms with Crippen LogP contribution in [-0.4, -0.2) is 80.5 Å². The largest absolute Gasteiger partial charge is 0.477 e. The van der Waals surface area contributed by atoms with Gasteiger partial charge in [0.2, 0.25) is 12.2 Å². The molecule has 0 bridgehead atoms. The van der Waals surface area contributed by atoms with Gasteiger partial charge in [-0.1, -0.05) is 49.4 Å². The number of fused-ring (bicyclic) bond motifs is 2. The van der Waals surface area contributed by atoms with E-state index in [1.807, 2.05) is 64.3 Å². The summed E-state index contributed by atoms with van der Waals surface area (Å²) in [5.74, 6) is -3.11. The predicted molar refractivity (Wildman–Crippen MR) is 153 cm³/mol. The van der Waals surface area contributed by atoms with Crippen LogP contribution in [-0.2, 0) is 32.7 Å². The number of carboxylic acids is 1. The third-order valence-corrected chi connectivity index (χ3v) is 10.1. The number of rotatable bonds is 9. The fourth-order valence-corrected chi connectivity index (χ4v) is 7.79. The Balaban J connectivity index is 1.42. The number of hydrogen-bond acceptors (Lipinski definition) is 7. The van der Waals surface area contributed by atoms with Crippen LogP contribution in [0.1, 0.15) is 30.5 Å². The molecule has 1 saturated heterocycles. The number of carboxylic acid groups (broad SMARTS) is 1. The quantitative estimate of drug-likeness (QED) is 0.240. The first-order chi connectivity index (χ1) is 20.5. The van der Waals surface area contributed by atoms with Crippen LogP contribution in [0.25, 0.3) is 0 Å². The van der Waals surface area contributed by atoms with Crippen molar-refractivity contribution in [2.75, 3.05) is 13.2 Å². The van der Waals surface area contributed by atoms with Gasteiger partial charge < -0.3 is 20.2 Å². The fraction of sp³-hybridized carbons (Fsp3) is 0.333. The second-order valence-corrected chi connectivity index (χ2v) is 12.9. The van der Waals surface area contributed by atoms with Gasteiger partial charge in [-0.2, -0.15) is 17.9 Å². The number of β-lactam (4-membered cyclic amide) rings is 1. The highest BCUT2D eigenvalue weighted by Crippen LogP contribution is 2.47. The molecule has 2 aromatic carbocycles. The molecule has 0 saturated carbocycles. The minimum Gasteiger partial charge on any atom is -0.477 e. The van der Waals surface area contributed by atoms with Gasteiger partial charge in [0.15, 0.2) is 0 Å². The number of aliphatic hydroxyl groups excluding tert-OH is 2. The first kappa shape index (κ1) is 28.8. The van der Waals surface area contributed by atoms with Gasteiger partial charge in [0.05, 0.1) is 36.1 Å². The molecule has 1 amide bonds. The smallest absolute Gasteiger partial charge is 0.352 e. The number of aliphatic hydroxyl groups is 2. The first-order valence-electron chi connectivity index (χ1n) is 14.0. The lowest BCUT2D eigenvalue weighted by atomic mass is 9.78. The Kier molecular flexibility index (Phi) is 7.19. The van der Waals surface area contributed by atoms with Crippen LogP contribution in [0.2, 0.25) is 0 Å². The summed E-state index contributed by atoms with van der Waals surface area (Å²) in [5.41, 5.74) is 2.25. The molecule has 0 radical (unpaired) electrons. The Morgan fingerprint density at radius 3 is 2.58 bits per heavy atom. The van der Waals surface area contributed by atoms with Crippen molar-refractivity contribution in [2.24, 2.45) is 16.9 Å². The van der Waals surface area contributed by atoms with Crippen LogP contribution in [0.15, 0.2) is 88.5 Å². The Bertz CT molecular complexity index is 1780. The van der Waals surface area contributed by atoms with Crippen LogP contribution < -0.4 is 4.57 Å². The minimum atomic E-state index is -4.24. The van der Waals surface area contributed by atoms with Gasteiger partial charge in [-0.15, -0.1) is 0 Å². The third kappa shape index (κ3) is 4.73. The summed E-state index contributed by atoms with van der Waals surface area (Å²) in [4.78, 5) is 26.4. The number of hydrazone groups is 1. The molecule has 4 heterocycles. The topological polar surface area (TPSA) is 157 Å². The standard InChI is InChI=1S/C30H31N5O7S/c1-18-23(28(30(39)40)35-27(18)25(19(2)37)29(35)38)16-34-31-26(21-6-4-3-5-7-21)22-9-8-20(14-24(22)43(34,41)42)15-33-11-10-32(17-33)12-13-36/h3-11,14,17-19,25,27,36-37H,12-13,15-16H2,1-2H3/p+1/t18-,19+,25+,27+/m0/s1. The average Bonchev–Trinajstić information content (AvgIpc) is 3.50. The maximum absolute atomic E-state index is 14.2. The number of sulfonamides is 1. The monoisotopic (exact) mass is 606 g/mol. The van der Waals surface area contributed by atoms with E-state index in [0.717, 1.165) is 9.98 Å². The van der Waals surface area contributed by atoms with Gasteiger partial charge in [0.25, 0.3) is 10.0 Å². The number of aliphatic carboxylic acids is 1. The molecule has 224 valence electrons. The zero-order valence-corrected chi connectivity index (χ0v) is 24.4. The van der Waals surface area contributed by atoms with Crippen LogP contribution in [0.4, 0.5) is 0 Å². The number of imidazole rings is 1. The molecule has 0 unspecified atom stereocenters. The predicted octanol–water partition coefficient (Wildman–Crippen LogP) is 0.769. The van der Waals surface area contributed by atoms with Crippen LogP contribution >= 0.6 is 0 Å². The molecule has 13 heteroatoms. The van der Waals surface area contributed by atoms with E-state index in [2.05, 4.69) is 5.10 Å². The van der Waals surface area contributed by atoms with Crippen molar-refractivity contribution in [3.05, 3.63) is 95.2 Å². The normalized spacial score (nSPS) is 23.0. The number of amides is 1. The van der Waals surface area contributed by atoms with E-state index in [1.165, 1.54) is 11.8 Å². The van der Waals surface area contributed by atoms with Gasteiger partial charge in [0.1, 0.15) is 36.9 Å². The van der Waals surface area contributed by atoms with E-state index in [4.69, 9.17) is 0 Å². The second-order valence-electron chi connectivity index (χ2n) is 11.1. The average molecular weight is 607 g/mol. The van der Waals surface area contributed by atoms with Crippen molar-refractivity contribution in [2.45, 2.75) is 44.0 Å². The third-order valence-electron chi connectivity index (χ3n) is 8.41. The number of carbonyl (C=O) groups is 2. The molecular formula is C30H32N5O7S+. The van der Waals surface area contributed by atoms with Gasteiger partial charge >= 0.3 is 5.97 Å². The van der Waals surface area contributed by atoms with Crippen LogP contribution in [0.3, 0.4) is 0 Å². The summed E-state index contributed by atoms with van der Waals surface area (Å²) in [6.45, 7) is 3.68. The van der Waals surface area contributed by atoms with Gasteiger partial charge in [-0.05, 0) is 24.1 Å². The van der Waals surface area contributed by atoms with E-state index < -0.39 is 45.9 Å². The molecule has 43 heavy (non-hydrogen) atoms. The number of hydrogen-bond donors (Lipinski definition) is 3. The highest BCUT2D eigenvalue weighted by atomic mass is 32.2. The Morgan fingerprint density at radius 2 is 1.91 bits per heavy atom. The molecule has 1 fully saturated rings. The summed E-state index contributed by atoms with van der Waals surface area (Å²) in [6.07, 6.45) is 4.50. The Morgan fingerprint density at radius 1 is 1.16 bits per heavy atom. The van der Waals surface area contributed by atoms with E-state index >= 15 is 0 Å². The molecule has 3 N–H and O–H groups in total. The van der Waals surface area contributed by atoms with E-state index in [0.29, 0.717) is 29.9 Å². The van der Waals surface area contributed by atoms with E-state index in [9.17, 15) is 33.3 Å². The molecule has 3 aliphatic heterocycles. The zero-order valence-electron chi connectivity index (χ0n) is 23.6. The SMILES string of the molecule is C[C@@H](O)[C@H]1C(=O)N2C(C(=O)O)=C(CN3N=C(c4ccccc4)c4ccc(C[n+]5ccn(CCO)c5)cc4S3(=O)=O)[C@H](C)[C@H]12. The first-order valence-corrected chi connectivity index (χ1v) is 15.4. The van der Waals surface area contributed by atoms with Crippen molar-refractivity contribution < 1.29 is 37.9 Å². The molecule has 0 spiro atoms. The highest BCUT2D eigenvalue weighted by molar-refractivity contribution is 7.89. The summed E-state index contributed by atoms with van der Waals surface area (Å²) in [7, 11) is -4.24. The summed E-state index contributed by atoms with van der Waals surface area (Å²) in [6, 6.07) is 13.7. The van der Waals surface area contributed by atoms with Crippen LogP contribution in [0, 0.1) is 11.8 Å². The number of aromatic nitrogens is 2. The van der Waals surface area contributed by atoms with Crippen molar-refractivity contribution in [1.82, 2.24) is 13.9 Å². The molecule has 4 atom stereocenters. The maximum atomic E-state index is 14.2. The van der Waals surface area contributed by atoms with E-state index in [1.54, 1.807) is 19.1 Å². The summed E-state index contributed by atoms with van der Waals surface area (Å²) in [5, 5.41) is 34.1. The highest BCUT2D eigenvalue weighted by Gasteiger charge is 2.60. The van der Waals surface area contributed by atoms with Crippen LogP contribution in [0.5, 0.6) is 0 Å². The molecule has 12 nitrogen and oxygen atoms in total. The number of benzene rings is 2. The molecule has 6 rings (SSSR count). The maximum Gasteiger partial charge on any atom is 0.352 e. The van der Waals surface area contributed by atoms with Crippen molar-refractivity contribution >= 4 is 27.6 Å². The van der Waals surface area contributed by atoms with Gasteiger partial charge in [-0.3, -0.25) is 4.79 Å². The minimum absolute atomic E-state index is 0.00576. The number of carbonyl (C=O) groups excluding carboxylic acids is 1. The fourth-order valence-electron chi connectivity index (χ4n) is 6.33. The molecule has 3 aromatic rings. The summed E-state index contributed by atoms with van der Waals surface area (Å²) >= 11 is 0. The second kappa shape index (κ2) is 10.7. The molecule has 0 aliphatic carbocycles. The Labute approximate surface area is 248 Å². The molecule has 3 aliphatic rings. The zero-order chi connectivity index (χ0) is 30.6. The lowest BCUT2D eigenvalue weighted by Gasteiger charge is -2.46. The van der Waals surface area contributed by atoms with Crippen molar-refractivity contribution in [3.63, 3.8) is 0 Å². The number of nitrogens with zero attached hydrogens (tertiary/aromatic N) is 5. The molecular weight excluding hydrogens is 574 g/mol. The lowest BCUT2D eigenvalue weighted by molar-refractivity contribution is -0.687.